The number of hydrogen-bond donors (Lipinski definition) is 0. The molecule has 1 aromatic rings. The number of rotatable bonds is 3. The zero-order chi connectivity index (χ0) is 15.1. The minimum atomic E-state index is -0.796. The maximum Gasteiger partial charge on any atom is 0.135 e. The van der Waals surface area contributed by atoms with Crippen molar-refractivity contribution in [1.82, 2.24) is 14.7 Å². The van der Waals surface area contributed by atoms with E-state index < -0.39 is 6.17 Å². The van der Waals surface area contributed by atoms with Crippen LogP contribution >= 0.6 is 0 Å². The summed E-state index contributed by atoms with van der Waals surface area (Å²) in [5, 5.41) is 4.39. The minimum absolute atomic E-state index is 0.0732. The summed E-state index contributed by atoms with van der Waals surface area (Å²) in [4.78, 5) is 2.38. The van der Waals surface area contributed by atoms with Gasteiger partial charge in [0.25, 0.3) is 0 Å². The van der Waals surface area contributed by atoms with E-state index in [4.69, 9.17) is 0 Å². The quantitative estimate of drug-likeness (QED) is 0.850. The molecule has 0 amide bonds. The van der Waals surface area contributed by atoms with Crippen LogP contribution in [0.5, 0.6) is 0 Å². The lowest BCUT2D eigenvalue weighted by Gasteiger charge is -2.48. The van der Waals surface area contributed by atoms with Crippen molar-refractivity contribution in [1.29, 1.82) is 0 Å². The average molecular weight is 293 g/mol. The van der Waals surface area contributed by atoms with Gasteiger partial charge in [0, 0.05) is 24.8 Å². The van der Waals surface area contributed by atoms with Crippen molar-refractivity contribution >= 4 is 0 Å². The van der Waals surface area contributed by atoms with Gasteiger partial charge in [-0.3, -0.25) is 9.58 Å². The Morgan fingerprint density at radius 3 is 2.52 bits per heavy atom. The normalized spacial score (nSPS) is 34.2. The number of hydrogen-bond acceptors (Lipinski definition) is 2. The lowest BCUT2D eigenvalue weighted by Crippen LogP contribution is -2.52. The van der Waals surface area contributed by atoms with Crippen molar-refractivity contribution in [2.24, 2.45) is 11.8 Å². The van der Waals surface area contributed by atoms with E-state index in [1.807, 2.05) is 24.7 Å². The lowest BCUT2D eigenvalue weighted by molar-refractivity contribution is -0.00215. The summed E-state index contributed by atoms with van der Waals surface area (Å²) in [6.07, 6.45) is 4.46. The minimum Gasteiger partial charge on any atom is -0.297 e. The predicted octanol–water partition coefficient (Wildman–Crippen LogP) is 3.52. The first kappa shape index (κ1) is 15.0. The second-order valence-electron chi connectivity index (χ2n) is 7.35. The fourth-order valence-electron chi connectivity index (χ4n) is 3.84. The van der Waals surface area contributed by atoms with Gasteiger partial charge < -0.3 is 0 Å². The summed E-state index contributed by atoms with van der Waals surface area (Å²) in [6, 6.07) is 0.549. The van der Waals surface area contributed by atoms with Crippen molar-refractivity contribution in [3.05, 3.63) is 17.5 Å². The molecule has 3 nitrogen and oxygen atoms in total. The summed E-state index contributed by atoms with van der Waals surface area (Å²) >= 11 is 0. The van der Waals surface area contributed by atoms with E-state index in [2.05, 4.69) is 23.8 Å². The van der Waals surface area contributed by atoms with Gasteiger partial charge in [-0.1, -0.05) is 13.8 Å². The summed E-state index contributed by atoms with van der Waals surface area (Å²) < 4.78 is 16.6. The smallest absolute Gasteiger partial charge is 0.135 e. The van der Waals surface area contributed by atoms with Gasteiger partial charge >= 0.3 is 0 Å². The molecule has 0 radical (unpaired) electrons. The van der Waals surface area contributed by atoms with Crippen LogP contribution in [0, 0.1) is 25.7 Å². The van der Waals surface area contributed by atoms with Crippen molar-refractivity contribution in [2.75, 3.05) is 13.1 Å². The zero-order valence-corrected chi connectivity index (χ0v) is 13.7. The number of likely N-dealkylation sites (tertiary alicyclic amines) is 1. The third-order valence-electron chi connectivity index (χ3n) is 5.75. The van der Waals surface area contributed by atoms with Crippen molar-refractivity contribution in [3.8, 4) is 0 Å². The van der Waals surface area contributed by atoms with E-state index in [1.165, 1.54) is 12.8 Å². The first-order valence-corrected chi connectivity index (χ1v) is 8.36. The standard InChI is InChI=1S/C17H28FN3/c1-11(2)14-7-15(8-14)20-6-5-17(16(18)10-20)21-13(4)12(3)9-19-21/h9,11,14-17H,5-8,10H2,1-4H3/t14?,15?,16-,17-/m0/s1. The van der Waals surface area contributed by atoms with Gasteiger partial charge in [-0.05, 0) is 50.5 Å². The van der Waals surface area contributed by atoms with Gasteiger partial charge in [0.2, 0.25) is 0 Å². The van der Waals surface area contributed by atoms with Crippen LogP contribution in [0.15, 0.2) is 6.20 Å². The third kappa shape index (κ3) is 2.75. The van der Waals surface area contributed by atoms with Gasteiger partial charge in [-0.2, -0.15) is 5.10 Å². The van der Waals surface area contributed by atoms with Crippen LogP contribution in [-0.4, -0.2) is 40.0 Å². The number of halogens is 1. The molecule has 118 valence electrons. The molecule has 0 bridgehead atoms. The molecule has 2 fully saturated rings. The fraction of sp³-hybridized carbons (Fsp3) is 0.824. The van der Waals surface area contributed by atoms with E-state index in [-0.39, 0.29) is 6.04 Å². The Morgan fingerprint density at radius 1 is 1.29 bits per heavy atom. The first-order valence-electron chi connectivity index (χ1n) is 8.36. The molecule has 0 spiro atoms. The highest BCUT2D eigenvalue weighted by Crippen LogP contribution is 2.39. The number of aromatic nitrogens is 2. The number of alkyl halides is 1. The van der Waals surface area contributed by atoms with Crippen molar-refractivity contribution in [2.45, 2.75) is 65.2 Å². The third-order valence-corrected chi connectivity index (χ3v) is 5.75. The molecule has 0 unspecified atom stereocenters. The number of piperidine rings is 1. The molecule has 1 saturated carbocycles. The van der Waals surface area contributed by atoms with Gasteiger partial charge in [-0.15, -0.1) is 0 Å². The molecule has 1 aliphatic carbocycles. The molecule has 0 N–H and O–H groups in total. The van der Waals surface area contributed by atoms with Crippen LogP contribution in [0.4, 0.5) is 4.39 Å². The highest BCUT2D eigenvalue weighted by atomic mass is 19.1. The van der Waals surface area contributed by atoms with E-state index >= 15 is 0 Å². The van der Waals surface area contributed by atoms with Crippen LogP contribution in [-0.2, 0) is 0 Å². The Bertz CT molecular complexity index is 490. The monoisotopic (exact) mass is 293 g/mol. The van der Waals surface area contributed by atoms with Gasteiger partial charge in [0.15, 0.2) is 0 Å². The summed E-state index contributed by atoms with van der Waals surface area (Å²) in [7, 11) is 0. The fourth-order valence-corrected chi connectivity index (χ4v) is 3.84. The van der Waals surface area contributed by atoms with Crippen LogP contribution < -0.4 is 0 Å². The Labute approximate surface area is 127 Å². The molecular weight excluding hydrogens is 265 g/mol. The molecule has 1 aromatic heterocycles. The van der Waals surface area contributed by atoms with Crippen molar-refractivity contribution in [3.63, 3.8) is 0 Å². The first-order chi connectivity index (χ1) is 9.97. The van der Waals surface area contributed by atoms with Gasteiger partial charge in [0.05, 0.1) is 12.2 Å². The molecule has 2 atom stereocenters. The van der Waals surface area contributed by atoms with Crippen LogP contribution in [0.1, 0.15) is 50.4 Å². The second-order valence-corrected chi connectivity index (χ2v) is 7.35. The molecule has 1 saturated heterocycles. The van der Waals surface area contributed by atoms with Gasteiger partial charge in [0.1, 0.15) is 6.17 Å². The largest absolute Gasteiger partial charge is 0.297 e. The topological polar surface area (TPSA) is 21.1 Å². The number of aryl methyl sites for hydroxylation is 1. The Hall–Kier alpha value is -0.900. The number of nitrogens with zero attached hydrogens (tertiary/aromatic N) is 3. The predicted molar refractivity (Wildman–Crippen MR) is 83.2 cm³/mol. The zero-order valence-electron chi connectivity index (χ0n) is 13.7. The van der Waals surface area contributed by atoms with E-state index in [1.54, 1.807) is 0 Å². The Kier molecular flexibility index (Phi) is 4.08. The summed E-state index contributed by atoms with van der Waals surface area (Å²) in [5.74, 6) is 1.62. The molecule has 2 aliphatic rings. The Balaban J connectivity index is 1.59. The Morgan fingerprint density at radius 2 is 2.00 bits per heavy atom. The average Bonchev–Trinajstić information content (AvgIpc) is 2.68. The maximum absolute atomic E-state index is 14.6. The molecule has 21 heavy (non-hydrogen) atoms. The van der Waals surface area contributed by atoms with Gasteiger partial charge in [-0.25, -0.2) is 4.39 Å². The lowest BCUT2D eigenvalue weighted by atomic mass is 9.72. The SMILES string of the molecule is Cc1cnn([C@H]2CCN(C3CC(C(C)C)C3)C[C@@H]2F)c1C. The molecule has 3 rings (SSSR count). The molecule has 4 heteroatoms. The van der Waals surface area contributed by atoms with Crippen LogP contribution in [0.3, 0.4) is 0 Å². The summed E-state index contributed by atoms with van der Waals surface area (Å²) in [6.45, 7) is 10.3. The summed E-state index contributed by atoms with van der Waals surface area (Å²) in [5.41, 5.74) is 2.27. The highest BCUT2D eigenvalue weighted by Gasteiger charge is 2.40. The highest BCUT2D eigenvalue weighted by molar-refractivity contribution is 5.14. The van der Waals surface area contributed by atoms with E-state index in [0.717, 1.165) is 36.1 Å². The van der Waals surface area contributed by atoms with E-state index in [9.17, 15) is 4.39 Å². The molecular formula is C17H28FN3. The second kappa shape index (κ2) is 5.71. The van der Waals surface area contributed by atoms with Crippen LogP contribution in [0.25, 0.3) is 0 Å². The molecule has 1 aliphatic heterocycles. The molecule has 0 aromatic carbocycles. The molecule has 2 heterocycles. The van der Waals surface area contributed by atoms with E-state index in [0.29, 0.717) is 12.6 Å². The van der Waals surface area contributed by atoms with Crippen LogP contribution in [0.2, 0.25) is 0 Å². The maximum atomic E-state index is 14.6. The van der Waals surface area contributed by atoms with Crippen molar-refractivity contribution < 1.29 is 4.39 Å².